The van der Waals surface area contributed by atoms with Crippen LogP contribution in [0.15, 0.2) is 36.4 Å². The van der Waals surface area contributed by atoms with Crippen molar-refractivity contribution in [3.63, 3.8) is 0 Å². The van der Waals surface area contributed by atoms with E-state index in [1.165, 1.54) is 13.0 Å². The predicted octanol–water partition coefficient (Wildman–Crippen LogP) is 4.45. The molecule has 2 heterocycles. The Labute approximate surface area is 172 Å². The first-order chi connectivity index (χ1) is 14.0. The molecule has 0 amide bonds. The summed E-state index contributed by atoms with van der Waals surface area (Å²) < 4.78 is 39.6. The fourth-order valence-corrected chi connectivity index (χ4v) is 3.92. The van der Waals surface area contributed by atoms with Crippen LogP contribution in [0.4, 0.5) is 24.7 Å². The van der Waals surface area contributed by atoms with E-state index in [1.807, 2.05) is 25.1 Å². The summed E-state index contributed by atoms with van der Waals surface area (Å²) >= 11 is 0. The van der Waals surface area contributed by atoms with Gasteiger partial charge >= 0.3 is 6.18 Å². The predicted molar refractivity (Wildman–Crippen MR) is 111 cm³/mol. The Morgan fingerprint density at radius 1 is 1.10 bits per heavy atom. The minimum atomic E-state index is -4.39. The fourth-order valence-electron chi connectivity index (χ4n) is 3.92. The van der Waals surface area contributed by atoms with Crippen LogP contribution in [0.5, 0.6) is 0 Å². The average molecular weight is 416 g/mol. The Morgan fingerprint density at radius 2 is 1.83 bits per heavy atom. The second-order valence-corrected chi connectivity index (χ2v) is 8.16. The second kappa shape index (κ2) is 7.12. The maximum atomic E-state index is 13.2. The number of halogens is 3. The molecule has 0 spiro atoms. The molecule has 5 nitrogen and oxygen atoms in total. The van der Waals surface area contributed by atoms with Gasteiger partial charge in [0, 0.05) is 36.1 Å². The number of rotatable bonds is 4. The number of benzene rings is 2. The van der Waals surface area contributed by atoms with E-state index in [4.69, 9.17) is 0 Å². The van der Waals surface area contributed by atoms with Crippen LogP contribution in [-0.2, 0) is 12.7 Å². The molecule has 30 heavy (non-hydrogen) atoms. The quantitative estimate of drug-likeness (QED) is 0.658. The van der Waals surface area contributed by atoms with Gasteiger partial charge in [0.2, 0.25) is 0 Å². The number of fused-ring (bicyclic) bond motifs is 1. The van der Waals surface area contributed by atoms with Crippen LogP contribution in [0.1, 0.15) is 29.3 Å². The van der Waals surface area contributed by atoms with E-state index in [0.717, 1.165) is 28.2 Å². The zero-order chi connectivity index (χ0) is 21.7. The van der Waals surface area contributed by atoms with Crippen LogP contribution in [0, 0.1) is 13.8 Å². The monoisotopic (exact) mass is 416 g/mol. The van der Waals surface area contributed by atoms with Crippen LogP contribution in [0.2, 0.25) is 0 Å². The molecular weight excluding hydrogens is 393 g/mol. The topological polar surface area (TPSA) is 61.3 Å². The van der Waals surface area contributed by atoms with Gasteiger partial charge < -0.3 is 15.3 Å². The number of nitrogens with one attached hydrogen (secondary N) is 1. The molecule has 0 atom stereocenters. The molecule has 4 rings (SSSR count). The number of hydrogen-bond donors (Lipinski definition) is 2. The molecule has 1 aromatic heterocycles. The smallest absolute Gasteiger partial charge is 0.386 e. The van der Waals surface area contributed by atoms with E-state index in [2.05, 4.69) is 20.4 Å². The minimum Gasteiger partial charge on any atom is -0.386 e. The molecule has 1 fully saturated rings. The number of β-amino-alcohol motifs (C(OH)–C–C–N with tert-alkyl or cyclic N) is 1. The summed E-state index contributed by atoms with van der Waals surface area (Å²) in [5, 5.41) is 23.4. The molecule has 1 aliphatic heterocycles. The lowest BCUT2D eigenvalue weighted by molar-refractivity contribution is -0.138. The van der Waals surface area contributed by atoms with Crippen molar-refractivity contribution in [2.45, 2.75) is 39.1 Å². The van der Waals surface area contributed by atoms with Gasteiger partial charge in [-0.3, -0.25) is 0 Å². The van der Waals surface area contributed by atoms with Gasteiger partial charge in [0.15, 0.2) is 5.82 Å². The van der Waals surface area contributed by atoms with Crippen molar-refractivity contribution in [2.75, 3.05) is 23.3 Å². The number of aromatic nitrogens is 2. The van der Waals surface area contributed by atoms with Gasteiger partial charge in [-0.05, 0) is 50.1 Å². The number of aliphatic hydroxyl groups is 1. The summed E-state index contributed by atoms with van der Waals surface area (Å²) in [6, 6.07) is 10.1. The van der Waals surface area contributed by atoms with Crippen molar-refractivity contribution in [2.24, 2.45) is 0 Å². The molecule has 2 N–H and O–H groups in total. The highest BCUT2D eigenvalue weighted by atomic mass is 19.4. The summed E-state index contributed by atoms with van der Waals surface area (Å²) in [6.07, 6.45) is -4.39. The van der Waals surface area contributed by atoms with E-state index in [9.17, 15) is 18.3 Å². The van der Waals surface area contributed by atoms with Crippen molar-refractivity contribution in [1.29, 1.82) is 0 Å². The first kappa shape index (κ1) is 20.4. The van der Waals surface area contributed by atoms with E-state index in [1.54, 1.807) is 13.0 Å². The van der Waals surface area contributed by atoms with Gasteiger partial charge in [0.25, 0.3) is 0 Å². The van der Waals surface area contributed by atoms with Gasteiger partial charge in [-0.1, -0.05) is 18.2 Å². The summed E-state index contributed by atoms with van der Waals surface area (Å²) in [5.41, 5.74) is 1.16. The normalized spacial score (nSPS) is 15.9. The van der Waals surface area contributed by atoms with Gasteiger partial charge in [-0.15, -0.1) is 5.10 Å². The summed E-state index contributed by atoms with van der Waals surface area (Å²) in [6.45, 7) is 6.43. The average Bonchev–Trinajstić information content (AvgIpc) is 2.65. The number of anilines is 2. The maximum Gasteiger partial charge on any atom is 0.416 e. The molecule has 8 heteroatoms. The molecule has 0 bridgehead atoms. The Kier molecular flexibility index (Phi) is 4.85. The standard InChI is InChI=1S/C22H23F3N4O/c1-13-15(5-4-6-19(13)22(23,24)25)10-26-20-18-9-16(29-11-21(3,30)12-29)7-8-17(18)14(2)27-28-20/h4-9,30H,10-12H2,1-3H3,(H,26,28). The first-order valence-electron chi connectivity index (χ1n) is 9.69. The van der Waals surface area contributed by atoms with Gasteiger partial charge in [-0.25, -0.2) is 0 Å². The maximum absolute atomic E-state index is 13.2. The van der Waals surface area contributed by atoms with Crippen molar-refractivity contribution >= 4 is 22.3 Å². The van der Waals surface area contributed by atoms with E-state index < -0.39 is 17.3 Å². The lowest BCUT2D eigenvalue weighted by Crippen LogP contribution is -2.60. The van der Waals surface area contributed by atoms with Crippen LogP contribution < -0.4 is 10.2 Å². The lowest BCUT2D eigenvalue weighted by Gasteiger charge is -2.45. The molecular formula is C22H23F3N4O. The molecule has 3 aromatic rings. The molecule has 1 aliphatic rings. The number of hydrogen-bond acceptors (Lipinski definition) is 5. The highest BCUT2D eigenvalue weighted by molar-refractivity contribution is 5.95. The third-order valence-corrected chi connectivity index (χ3v) is 5.57. The van der Waals surface area contributed by atoms with Crippen LogP contribution in [-0.4, -0.2) is 34.0 Å². The SMILES string of the molecule is Cc1c(CNc2nnc(C)c3ccc(N4CC(C)(O)C4)cc23)cccc1C(F)(F)F. The fraction of sp³-hybridized carbons (Fsp3) is 0.364. The molecule has 0 aliphatic carbocycles. The zero-order valence-corrected chi connectivity index (χ0v) is 17.0. The van der Waals surface area contributed by atoms with Crippen molar-refractivity contribution in [1.82, 2.24) is 10.2 Å². The van der Waals surface area contributed by atoms with Crippen LogP contribution >= 0.6 is 0 Å². The van der Waals surface area contributed by atoms with E-state index in [0.29, 0.717) is 24.5 Å². The molecule has 158 valence electrons. The van der Waals surface area contributed by atoms with Gasteiger partial charge in [0.1, 0.15) is 0 Å². The van der Waals surface area contributed by atoms with Gasteiger partial charge in [0.05, 0.1) is 16.9 Å². The Bertz CT molecular complexity index is 1100. The number of aryl methyl sites for hydroxylation is 1. The third-order valence-electron chi connectivity index (χ3n) is 5.57. The molecule has 0 radical (unpaired) electrons. The molecule has 0 saturated carbocycles. The number of nitrogens with zero attached hydrogens (tertiary/aromatic N) is 3. The van der Waals surface area contributed by atoms with E-state index in [-0.39, 0.29) is 12.1 Å². The van der Waals surface area contributed by atoms with Crippen molar-refractivity contribution < 1.29 is 18.3 Å². The Balaban J connectivity index is 1.64. The Morgan fingerprint density at radius 3 is 2.50 bits per heavy atom. The Hall–Kier alpha value is -2.87. The second-order valence-electron chi connectivity index (χ2n) is 8.16. The minimum absolute atomic E-state index is 0.199. The van der Waals surface area contributed by atoms with Crippen LogP contribution in [0.25, 0.3) is 10.8 Å². The van der Waals surface area contributed by atoms with Crippen LogP contribution in [0.3, 0.4) is 0 Å². The highest BCUT2D eigenvalue weighted by Crippen LogP contribution is 2.34. The van der Waals surface area contributed by atoms with Crippen molar-refractivity contribution in [3.05, 3.63) is 58.8 Å². The summed E-state index contributed by atoms with van der Waals surface area (Å²) in [4.78, 5) is 2.07. The number of alkyl halides is 3. The first-order valence-corrected chi connectivity index (χ1v) is 9.69. The van der Waals surface area contributed by atoms with E-state index >= 15 is 0 Å². The molecule has 1 saturated heterocycles. The third kappa shape index (κ3) is 3.79. The summed E-state index contributed by atoms with van der Waals surface area (Å²) in [7, 11) is 0. The van der Waals surface area contributed by atoms with Crippen molar-refractivity contribution in [3.8, 4) is 0 Å². The zero-order valence-electron chi connectivity index (χ0n) is 17.0. The molecule has 2 aromatic carbocycles. The van der Waals surface area contributed by atoms with Gasteiger partial charge in [-0.2, -0.15) is 18.3 Å². The highest BCUT2D eigenvalue weighted by Gasteiger charge is 2.36. The largest absolute Gasteiger partial charge is 0.416 e. The lowest BCUT2D eigenvalue weighted by atomic mass is 9.95. The molecule has 0 unspecified atom stereocenters. The summed E-state index contributed by atoms with van der Waals surface area (Å²) in [5.74, 6) is 0.515.